The minimum absolute atomic E-state index is 0.108. The number of benzene rings is 1. The number of carbonyl (C=O) groups excluding carboxylic acids is 1. The molecule has 2 aromatic rings. The Morgan fingerprint density at radius 2 is 1.88 bits per heavy atom. The first-order valence-corrected chi connectivity index (χ1v) is 9.32. The molecule has 1 amide bonds. The molecule has 0 aliphatic carbocycles. The Labute approximate surface area is 153 Å². The highest BCUT2D eigenvalue weighted by Gasteiger charge is 2.26. The maximum Gasteiger partial charge on any atom is 0.255 e. The fraction of sp³-hybridized carbons (Fsp3) is 0.500. The molecule has 6 heteroatoms. The van der Waals surface area contributed by atoms with E-state index in [-0.39, 0.29) is 17.2 Å². The number of fused-ring (bicyclic) bond motifs is 3. The molecule has 2 atom stereocenters. The number of pyridine rings is 1. The lowest BCUT2D eigenvalue weighted by atomic mass is 10.1. The standard InChI is InChI=1S/C13H14N2O3.C7H13N/c1-7(2)18-11-6-9-8(3-4-15-13(9)17)5-10(11)12(14)16;1-2-6-4-5-7(3-1)8-6/h3-7H,1-2H3,(H2,14,16)(H,15,17);6-8H,1-5H2. The molecule has 0 spiro atoms. The fourth-order valence-corrected chi connectivity index (χ4v) is 3.73. The summed E-state index contributed by atoms with van der Waals surface area (Å²) in [6.45, 7) is 3.67. The summed E-state index contributed by atoms with van der Waals surface area (Å²) in [6.07, 6.45) is 8.67. The number of piperidine rings is 1. The predicted molar refractivity (Wildman–Crippen MR) is 103 cm³/mol. The van der Waals surface area contributed by atoms with Crippen LogP contribution in [0.25, 0.3) is 10.8 Å². The van der Waals surface area contributed by atoms with Crippen molar-refractivity contribution < 1.29 is 9.53 Å². The summed E-state index contributed by atoms with van der Waals surface area (Å²) in [5, 5.41) is 4.72. The maximum absolute atomic E-state index is 11.7. The van der Waals surface area contributed by atoms with E-state index in [0.29, 0.717) is 16.5 Å². The van der Waals surface area contributed by atoms with Crippen LogP contribution in [0.5, 0.6) is 5.75 Å². The van der Waals surface area contributed by atoms with Gasteiger partial charge in [0.2, 0.25) is 0 Å². The highest BCUT2D eigenvalue weighted by molar-refractivity contribution is 6.00. The van der Waals surface area contributed by atoms with Crippen LogP contribution in [0.1, 0.15) is 56.3 Å². The number of rotatable bonds is 3. The van der Waals surface area contributed by atoms with Gasteiger partial charge < -0.3 is 20.8 Å². The Hall–Kier alpha value is -2.34. The zero-order valence-electron chi connectivity index (χ0n) is 15.4. The van der Waals surface area contributed by atoms with E-state index in [2.05, 4.69) is 10.3 Å². The molecule has 4 rings (SSSR count). The van der Waals surface area contributed by atoms with Crippen molar-refractivity contribution in [3.05, 3.63) is 40.3 Å². The molecule has 2 saturated heterocycles. The summed E-state index contributed by atoms with van der Waals surface area (Å²) >= 11 is 0. The van der Waals surface area contributed by atoms with Crippen molar-refractivity contribution in [3.63, 3.8) is 0 Å². The van der Waals surface area contributed by atoms with Crippen LogP contribution in [0.15, 0.2) is 29.2 Å². The zero-order valence-corrected chi connectivity index (χ0v) is 15.4. The smallest absolute Gasteiger partial charge is 0.255 e. The number of amides is 1. The molecule has 2 unspecified atom stereocenters. The van der Waals surface area contributed by atoms with Crippen LogP contribution in [0, 0.1) is 0 Å². The number of hydrogen-bond acceptors (Lipinski definition) is 4. The van der Waals surface area contributed by atoms with Crippen molar-refractivity contribution in [3.8, 4) is 5.75 Å². The van der Waals surface area contributed by atoms with Crippen molar-refractivity contribution in [2.75, 3.05) is 0 Å². The minimum Gasteiger partial charge on any atom is -0.490 e. The third kappa shape index (κ3) is 4.25. The van der Waals surface area contributed by atoms with Gasteiger partial charge in [-0.1, -0.05) is 6.42 Å². The Bertz CT molecular complexity index is 830. The van der Waals surface area contributed by atoms with Crippen molar-refractivity contribution in [2.45, 2.75) is 64.1 Å². The van der Waals surface area contributed by atoms with E-state index in [1.807, 2.05) is 13.8 Å². The second-order valence-electron chi connectivity index (χ2n) is 7.34. The molecule has 2 aliphatic rings. The second-order valence-corrected chi connectivity index (χ2v) is 7.34. The van der Waals surface area contributed by atoms with E-state index in [1.54, 1.807) is 18.2 Å². The molecule has 1 aromatic carbocycles. The van der Waals surface area contributed by atoms with Crippen LogP contribution in [0.4, 0.5) is 0 Å². The third-order valence-corrected chi connectivity index (χ3v) is 4.94. The number of primary amides is 1. The number of H-pyrrole nitrogens is 1. The summed E-state index contributed by atoms with van der Waals surface area (Å²) in [7, 11) is 0. The number of aromatic nitrogens is 1. The quantitative estimate of drug-likeness (QED) is 0.787. The van der Waals surface area contributed by atoms with Gasteiger partial charge in [0, 0.05) is 18.3 Å². The van der Waals surface area contributed by atoms with E-state index >= 15 is 0 Å². The Morgan fingerprint density at radius 3 is 2.46 bits per heavy atom. The summed E-state index contributed by atoms with van der Waals surface area (Å²) in [6, 6.07) is 6.66. The number of carbonyl (C=O) groups is 1. The highest BCUT2D eigenvalue weighted by Crippen LogP contribution is 2.26. The first-order chi connectivity index (χ1) is 12.4. The zero-order chi connectivity index (χ0) is 18.7. The second kappa shape index (κ2) is 7.91. The maximum atomic E-state index is 11.7. The van der Waals surface area contributed by atoms with Crippen molar-refractivity contribution in [1.29, 1.82) is 0 Å². The van der Waals surface area contributed by atoms with Crippen molar-refractivity contribution >= 4 is 16.7 Å². The number of aromatic amines is 1. The molecular weight excluding hydrogens is 330 g/mol. The monoisotopic (exact) mass is 357 g/mol. The van der Waals surface area contributed by atoms with E-state index < -0.39 is 5.91 Å². The van der Waals surface area contributed by atoms with Crippen LogP contribution in [0.2, 0.25) is 0 Å². The minimum atomic E-state index is -0.576. The number of hydrogen-bond donors (Lipinski definition) is 3. The van der Waals surface area contributed by atoms with Gasteiger partial charge in [0.1, 0.15) is 5.75 Å². The van der Waals surface area contributed by atoms with Crippen LogP contribution >= 0.6 is 0 Å². The Kier molecular flexibility index (Phi) is 5.61. The molecule has 6 nitrogen and oxygen atoms in total. The Morgan fingerprint density at radius 1 is 1.19 bits per heavy atom. The first-order valence-electron chi connectivity index (χ1n) is 9.32. The van der Waals surface area contributed by atoms with Gasteiger partial charge in [-0.15, -0.1) is 0 Å². The van der Waals surface area contributed by atoms with Gasteiger partial charge >= 0.3 is 0 Å². The van der Waals surface area contributed by atoms with Gasteiger partial charge in [-0.25, -0.2) is 0 Å². The van der Waals surface area contributed by atoms with Crippen LogP contribution < -0.4 is 21.3 Å². The summed E-state index contributed by atoms with van der Waals surface area (Å²) in [5.41, 5.74) is 5.37. The molecule has 26 heavy (non-hydrogen) atoms. The fourth-order valence-electron chi connectivity index (χ4n) is 3.73. The first kappa shape index (κ1) is 18.5. The molecule has 2 bridgehead atoms. The van der Waals surface area contributed by atoms with Crippen LogP contribution in [-0.2, 0) is 0 Å². The average molecular weight is 357 g/mol. The lowest BCUT2D eigenvalue weighted by molar-refractivity contribution is 0.0995. The molecule has 4 N–H and O–H groups in total. The highest BCUT2D eigenvalue weighted by atomic mass is 16.5. The number of ether oxygens (including phenoxy) is 1. The van der Waals surface area contributed by atoms with Gasteiger partial charge in [-0.05, 0) is 63.1 Å². The third-order valence-electron chi connectivity index (χ3n) is 4.94. The lowest BCUT2D eigenvalue weighted by Crippen LogP contribution is -2.33. The van der Waals surface area contributed by atoms with Crippen LogP contribution in [0.3, 0.4) is 0 Å². The molecule has 0 saturated carbocycles. The molecule has 140 valence electrons. The van der Waals surface area contributed by atoms with Gasteiger partial charge in [0.25, 0.3) is 11.5 Å². The number of nitrogens with one attached hydrogen (secondary N) is 2. The van der Waals surface area contributed by atoms with Crippen LogP contribution in [-0.4, -0.2) is 29.1 Å². The summed E-state index contributed by atoms with van der Waals surface area (Å²) < 4.78 is 5.52. The molecule has 0 radical (unpaired) electrons. The summed E-state index contributed by atoms with van der Waals surface area (Å²) in [4.78, 5) is 25.6. The van der Waals surface area contributed by atoms with Crippen molar-refractivity contribution in [1.82, 2.24) is 10.3 Å². The molecule has 3 heterocycles. The van der Waals surface area contributed by atoms with Gasteiger partial charge in [0.05, 0.1) is 17.1 Å². The van der Waals surface area contributed by atoms with Gasteiger partial charge in [-0.3, -0.25) is 9.59 Å². The van der Waals surface area contributed by atoms with Crippen molar-refractivity contribution in [2.24, 2.45) is 5.73 Å². The molecule has 2 fully saturated rings. The average Bonchev–Trinajstić information content (AvgIpc) is 2.93. The SMILES string of the molecule is C1CC2CCC(C1)N2.CC(C)Oc1cc2c(=O)[nH]ccc2cc1C(N)=O. The number of nitrogens with two attached hydrogens (primary N) is 1. The molecular formula is C20H27N3O3. The van der Waals surface area contributed by atoms with Gasteiger partial charge in [-0.2, -0.15) is 0 Å². The topological polar surface area (TPSA) is 97.2 Å². The normalized spacial score (nSPS) is 21.3. The lowest BCUT2D eigenvalue weighted by Gasteiger charge is -2.19. The van der Waals surface area contributed by atoms with E-state index in [9.17, 15) is 9.59 Å². The predicted octanol–water partition coefficient (Wildman–Crippen LogP) is 2.71. The summed E-state index contributed by atoms with van der Waals surface area (Å²) in [5.74, 6) is -0.241. The molecule has 2 aliphatic heterocycles. The molecule has 1 aromatic heterocycles. The largest absolute Gasteiger partial charge is 0.490 e. The van der Waals surface area contributed by atoms with E-state index in [1.165, 1.54) is 38.3 Å². The van der Waals surface area contributed by atoms with E-state index in [4.69, 9.17) is 10.5 Å². The van der Waals surface area contributed by atoms with Gasteiger partial charge in [0.15, 0.2) is 0 Å². The van der Waals surface area contributed by atoms with E-state index in [0.717, 1.165) is 12.1 Å². The Balaban J connectivity index is 0.000000201.